The summed E-state index contributed by atoms with van der Waals surface area (Å²) in [5.41, 5.74) is 2.49. The molecular weight excluding hydrogens is 224 g/mol. The van der Waals surface area contributed by atoms with Crippen molar-refractivity contribution < 1.29 is 9.47 Å². The van der Waals surface area contributed by atoms with E-state index >= 15 is 0 Å². The Labute approximate surface area is 110 Å². The molecule has 0 radical (unpaired) electrons. The number of hydrogen-bond donors (Lipinski definition) is 0. The highest BCUT2D eigenvalue weighted by atomic mass is 16.7. The van der Waals surface area contributed by atoms with Gasteiger partial charge in [0, 0.05) is 11.5 Å². The van der Waals surface area contributed by atoms with Crippen LogP contribution < -0.4 is 0 Å². The number of hydrogen-bond acceptors (Lipinski definition) is 2. The molecule has 0 saturated carbocycles. The Morgan fingerprint density at radius 2 is 1.89 bits per heavy atom. The van der Waals surface area contributed by atoms with E-state index in [1.165, 1.54) is 5.56 Å². The van der Waals surface area contributed by atoms with Crippen molar-refractivity contribution in [3.8, 4) is 0 Å². The highest BCUT2D eigenvalue weighted by Gasteiger charge is 2.20. The summed E-state index contributed by atoms with van der Waals surface area (Å²) in [7, 11) is 0. The van der Waals surface area contributed by atoms with Crippen LogP contribution >= 0.6 is 0 Å². The first-order valence-electron chi connectivity index (χ1n) is 6.72. The van der Waals surface area contributed by atoms with E-state index in [9.17, 15) is 0 Å². The minimum Gasteiger partial charge on any atom is -0.348 e. The predicted octanol–water partition coefficient (Wildman–Crippen LogP) is 3.88. The zero-order valence-corrected chi connectivity index (χ0v) is 11.1. The van der Waals surface area contributed by atoms with E-state index in [-0.39, 0.29) is 6.29 Å². The zero-order chi connectivity index (χ0) is 12.8. The molecule has 98 valence electrons. The molecule has 1 aromatic carbocycles. The summed E-state index contributed by atoms with van der Waals surface area (Å²) < 4.78 is 11.4. The topological polar surface area (TPSA) is 18.5 Å². The Kier molecular flexibility index (Phi) is 4.97. The standard InChI is InChI=1S/C16H22O2/c1-3-4-5-6-14-7-9-15(10-8-14)16-17-11-13(2)12-18-16/h3,7-10,13,16H,1,4-6,11-12H2,2H3. The van der Waals surface area contributed by atoms with Crippen LogP contribution in [0.5, 0.6) is 0 Å². The van der Waals surface area contributed by atoms with Crippen molar-refractivity contribution in [2.24, 2.45) is 5.92 Å². The van der Waals surface area contributed by atoms with Crippen molar-refractivity contribution in [2.45, 2.75) is 32.5 Å². The summed E-state index contributed by atoms with van der Waals surface area (Å²) in [5.74, 6) is 0.499. The highest BCUT2D eigenvalue weighted by molar-refractivity contribution is 5.23. The van der Waals surface area contributed by atoms with E-state index in [4.69, 9.17) is 9.47 Å². The summed E-state index contributed by atoms with van der Waals surface area (Å²) in [6.45, 7) is 7.44. The summed E-state index contributed by atoms with van der Waals surface area (Å²) >= 11 is 0. The number of allylic oxidation sites excluding steroid dienone is 1. The molecule has 2 heteroatoms. The second-order valence-electron chi connectivity index (χ2n) is 5.03. The van der Waals surface area contributed by atoms with Crippen molar-refractivity contribution in [3.63, 3.8) is 0 Å². The van der Waals surface area contributed by atoms with Gasteiger partial charge < -0.3 is 9.47 Å². The SMILES string of the molecule is C=CCCCc1ccc(C2OCC(C)CO2)cc1. The van der Waals surface area contributed by atoms with Crippen LogP contribution in [0, 0.1) is 5.92 Å². The Morgan fingerprint density at radius 3 is 2.50 bits per heavy atom. The van der Waals surface area contributed by atoms with Gasteiger partial charge in [0.2, 0.25) is 0 Å². The minimum atomic E-state index is -0.177. The lowest BCUT2D eigenvalue weighted by Crippen LogP contribution is -2.24. The van der Waals surface area contributed by atoms with Crippen molar-refractivity contribution >= 4 is 0 Å². The van der Waals surface area contributed by atoms with Crippen LogP contribution in [0.15, 0.2) is 36.9 Å². The van der Waals surface area contributed by atoms with Gasteiger partial charge in [0.1, 0.15) is 0 Å². The summed E-state index contributed by atoms with van der Waals surface area (Å²) in [6, 6.07) is 8.57. The monoisotopic (exact) mass is 246 g/mol. The van der Waals surface area contributed by atoms with E-state index < -0.39 is 0 Å². The fourth-order valence-electron chi connectivity index (χ4n) is 2.08. The lowest BCUT2D eigenvalue weighted by Gasteiger charge is -2.27. The van der Waals surface area contributed by atoms with E-state index in [1.807, 2.05) is 6.08 Å². The summed E-state index contributed by atoms with van der Waals surface area (Å²) in [4.78, 5) is 0. The number of aryl methyl sites for hydroxylation is 1. The van der Waals surface area contributed by atoms with Crippen LogP contribution in [-0.4, -0.2) is 13.2 Å². The molecule has 2 rings (SSSR count). The molecule has 0 amide bonds. The average Bonchev–Trinajstić information content (AvgIpc) is 2.41. The molecule has 1 saturated heterocycles. The lowest BCUT2D eigenvalue weighted by molar-refractivity contribution is -0.202. The maximum absolute atomic E-state index is 5.68. The third-order valence-electron chi connectivity index (χ3n) is 3.19. The van der Waals surface area contributed by atoms with Gasteiger partial charge in [-0.05, 0) is 24.8 Å². The second-order valence-corrected chi connectivity index (χ2v) is 5.03. The van der Waals surface area contributed by atoms with Crippen molar-refractivity contribution in [3.05, 3.63) is 48.0 Å². The molecule has 1 aromatic rings. The molecule has 0 aromatic heterocycles. The van der Waals surface area contributed by atoms with Crippen molar-refractivity contribution in [1.29, 1.82) is 0 Å². The molecule has 0 unspecified atom stereocenters. The molecule has 2 nitrogen and oxygen atoms in total. The van der Waals surface area contributed by atoms with Crippen LogP contribution in [0.4, 0.5) is 0 Å². The van der Waals surface area contributed by atoms with Gasteiger partial charge in [-0.1, -0.05) is 37.3 Å². The van der Waals surface area contributed by atoms with Gasteiger partial charge in [-0.25, -0.2) is 0 Å². The molecule has 0 bridgehead atoms. The van der Waals surface area contributed by atoms with Gasteiger partial charge in [-0.3, -0.25) is 0 Å². The normalized spacial score (nSPS) is 23.8. The molecule has 0 atom stereocenters. The van der Waals surface area contributed by atoms with Gasteiger partial charge in [0.25, 0.3) is 0 Å². The Hall–Kier alpha value is -1.12. The number of benzene rings is 1. The molecule has 1 aliphatic rings. The minimum absolute atomic E-state index is 0.177. The smallest absolute Gasteiger partial charge is 0.183 e. The fourth-order valence-corrected chi connectivity index (χ4v) is 2.08. The Morgan fingerprint density at radius 1 is 1.22 bits per heavy atom. The molecule has 1 fully saturated rings. The average molecular weight is 246 g/mol. The maximum Gasteiger partial charge on any atom is 0.183 e. The number of rotatable bonds is 5. The molecule has 1 aliphatic heterocycles. The first-order valence-corrected chi connectivity index (χ1v) is 6.72. The van der Waals surface area contributed by atoms with E-state index in [0.29, 0.717) is 5.92 Å². The molecule has 0 N–H and O–H groups in total. The molecular formula is C16H22O2. The first-order chi connectivity index (χ1) is 8.79. The van der Waals surface area contributed by atoms with E-state index in [0.717, 1.165) is 38.0 Å². The lowest BCUT2D eigenvalue weighted by atomic mass is 10.1. The molecule has 0 spiro atoms. The Balaban J connectivity index is 1.88. The first kappa shape index (κ1) is 13.3. The third kappa shape index (κ3) is 3.69. The van der Waals surface area contributed by atoms with Gasteiger partial charge in [0.15, 0.2) is 6.29 Å². The number of ether oxygens (including phenoxy) is 2. The summed E-state index contributed by atoms with van der Waals surface area (Å²) in [5, 5.41) is 0. The maximum atomic E-state index is 5.68. The quantitative estimate of drug-likeness (QED) is 0.580. The Bertz CT molecular complexity index is 361. The second kappa shape index (κ2) is 6.72. The van der Waals surface area contributed by atoms with E-state index in [1.54, 1.807) is 0 Å². The van der Waals surface area contributed by atoms with Gasteiger partial charge in [-0.15, -0.1) is 6.58 Å². The van der Waals surface area contributed by atoms with Crippen molar-refractivity contribution in [2.75, 3.05) is 13.2 Å². The fraction of sp³-hybridized carbons (Fsp3) is 0.500. The van der Waals surface area contributed by atoms with Crippen LogP contribution in [-0.2, 0) is 15.9 Å². The van der Waals surface area contributed by atoms with Crippen LogP contribution in [0.1, 0.15) is 37.2 Å². The van der Waals surface area contributed by atoms with Crippen LogP contribution in [0.25, 0.3) is 0 Å². The van der Waals surface area contributed by atoms with Crippen LogP contribution in [0.3, 0.4) is 0 Å². The van der Waals surface area contributed by atoms with Gasteiger partial charge in [-0.2, -0.15) is 0 Å². The summed E-state index contributed by atoms with van der Waals surface area (Å²) in [6.07, 6.45) is 5.14. The van der Waals surface area contributed by atoms with Crippen molar-refractivity contribution in [1.82, 2.24) is 0 Å². The largest absolute Gasteiger partial charge is 0.348 e. The number of unbranched alkanes of at least 4 members (excludes halogenated alkanes) is 1. The predicted molar refractivity (Wildman–Crippen MR) is 73.4 cm³/mol. The highest BCUT2D eigenvalue weighted by Crippen LogP contribution is 2.25. The zero-order valence-electron chi connectivity index (χ0n) is 11.1. The van der Waals surface area contributed by atoms with Gasteiger partial charge in [0.05, 0.1) is 13.2 Å². The van der Waals surface area contributed by atoms with E-state index in [2.05, 4.69) is 37.8 Å². The third-order valence-corrected chi connectivity index (χ3v) is 3.19. The molecule has 0 aliphatic carbocycles. The molecule has 1 heterocycles. The van der Waals surface area contributed by atoms with Crippen LogP contribution in [0.2, 0.25) is 0 Å². The van der Waals surface area contributed by atoms with Gasteiger partial charge >= 0.3 is 0 Å². The molecule has 18 heavy (non-hydrogen) atoms.